The highest BCUT2D eigenvalue weighted by molar-refractivity contribution is 6.33. The molecule has 0 aliphatic rings. The molecule has 1 amide bonds. The molecule has 0 heterocycles. The second kappa shape index (κ2) is 8.99. The molecule has 0 spiro atoms. The van der Waals surface area contributed by atoms with Crippen LogP contribution in [-0.2, 0) is 11.2 Å². The Hall–Kier alpha value is -2.41. The highest BCUT2D eigenvalue weighted by Gasteiger charge is 2.29. The molecular formula is C19H19ClF3NO3. The number of carbonyl (C=O) groups excluding carboxylic acids is 1. The van der Waals surface area contributed by atoms with Gasteiger partial charge in [0.2, 0.25) is 5.91 Å². The van der Waals surface area contributed by atoms with Crippen LogP contribution in [0.25, 0.3) is 0 Å². The van der Waals surface area contributed by atoms with Gasteiger partial charge in [0.05, 0.1) is 17.8 Å². The minimum absolute atomic E-state index is 0.00513. The normalized spacial score (nSPS) is 11.2. The molecule has 4 nitrogen and oxygen atoms in total. The van der Waals surface area contributed by atoms with Crippen molar-refractivity contribution < 1.29 is 27.4 Å². The van der Waals surface area contributed by atoms with Crippen molar-refractivity contribution >= 4 is 23.2 Å². The lowest BCUT2D eigenvalue weighted by Crippen LogP contribution is -2.19. The summed E-state index contributed by atoms with van der Waals surface area (Å²) >= 11 is 6.08. The Morgan fingerprint density at radius 3 is 2.52 bits per heavy atom. The van der Waals surface area contributed by atoms with Crippen LogP contribution >= 0.6 is 11.6 Å². The van der Waals surface area contributed by atoms with Gasteiger partial charge in [0.1, 0.15) is 0 Å². The lowest BCUT2D eigenvalue weighted by Gasteiger charge is -2.13. The summed E-state index contributed by atoms with van der Waals surface area (Å²) in [7, 11) is 1.34. The quantitative estimate of drug-likeness (QED) is 0.696. The van der Waals surface area contributed by atoms with Crippen LogP contribution < -0.4 is 14.8 Å². The number of rotatable bonds is 7. The highest BCUT2D eigenvalue weighted by Crippen LogP contribution is 2.30. The molecule has 0 aliphatic carbocycles. The first-order chi connectivity index (χ1) is 12.7. The molecule has 2 aromatic rings. The van der Waals surface area contributed by atoms with Crippen molar-refractivity contribution in [3.8, 4) is 11.5 Å². The average molecular weight is 402 g/mol. The number of anilines is 1. The van der Waals surface area contributed by atoms with Gasteiger partial charge in [0, 0.05) is 6.42 Å². The Labute approximate surface area is 160 Å². The fourth-order valence-electron chi connectivity index (χ4n) is 2.34. The monoisotopic (exact) mass is 401 g/mol. The third-order valence-electron chi connectivity index (χ3n) is 3.66. The van der Waals surface area contributed by atoms with Crippen LogP contribution in [0.4, 0.5) is 18.9 Å². The summed E-state index contributed by atoms with van der Waals surface area (Å²) in [6.45, 7) is 0.495. The van der Waals surface area contributed by atoms with Crippen molar-refractivity contribution in [1.29, 1.82) is 0 Å². The molecule has 0 unspecified atom stereocenters. The maximum atomic E-state index is 12.3. The summed E-state index contributed by atoms with van der Waals surface area (Å²) in [6.07, 6.45) is -3.87. The van der Waals surface area contributed by atoms with Gasteiger partial charge in [-0.05, 0) is 48.7 Å². The summed E-state index contributed by atoms with van der Waals surface area (Å²) in [5.41, 5.74) is 2.25. The standard InChI is InChI=1S/C19H19ClF3NO3/c1-12-3-6-15(14(20)9-12)24-18(25)8-5-13-4-7-16(17(10-13)26-2)27-11-19(21,22)23/h3-4,6-7,9-10H,5,8,11H2,1-2H3,(H,24,25). The molecule has 0 radical (unpaired) electrons. The zero-order chi connectivity index (χ0) is 20.0. The van der Waals surface area contributed by atoms with Gasteiger partial charge in [0.15, 0.2) is 18.1 Å². The summed E-state index contributed by atoms with van der Waals surface area (Å²) in [5, 5.41) is 3.19. The summed E-state index contributed by atoms with van der Waals surface area (Å²) in [6, 6.07) is 9.87. The van der Waals surface area contributed by atoms with Gasteiger partial charge >= 0.3 is 6.18 Å². The van der Waals surface area contributed by atoms with E-state index in [1.165, 1.54) is 13.2 Å². The highest BCUT2D eigenvalue weighted by atomic mass is 35.5. The number of halogens is 4. The van der Waals surface area contributed by atoms with Gasteiger partial charge in [-0.15, -0.1) is 0 Å². The minimum atomic E-state index is -4.43. The van der Waals surface area contributed by atoms with Crippen LogP contribution in [0.15, 0.2) is 36.4 Å². The molecule has 0 aromatic heterocycles. The predicted octanol–water partition coefficient (Wildman–Crippen LogP) is 5.17. The third-order valence-corrected chi connectivity index (χ3v) is 3.97. The molecule has 2 aromatic carbocycles. The first kappa shape index (κ1) is 20.9. The molecule has 0 saturated heterocycles. The number of hydrogen-bond acceptors (Lipinski definition) is 3. The minimum Gasteiger partial charge on any atom is -0.493 e. The lowest BCUT2D eigenvalue weighted by atomic mass is 10.1. The second-order valence-electron chi connectivity index (χ2n) is 5.92. The summed E-state index contributed by atoms with van der Waals surface area (Å²) in [5.74, 6) is -0.0506. The Kier molecular flexibility index (Phi) is 6.96. The topological polar surface area (TPSA) is 47.6 Å². The number of ether oxygens (including phenoxy) is 2. The number of hydrogen-bond donors (Lipinski definition) is 1. The maximum Gasteiger partial charge on any atom is 0.422 e. The molecule has 2 rings (SSSR count). The van der Waals surface area contributed by atoms with E-state index >= 15 is 0 Å². The maximum absolute atomic E-state index is 12.3. The van der Waals surface area contributed by atoms with E-state index in [-0.39, 0.29) is 23.8 Å². The van der Waals surface area contributed by atoms with Crippen molar-refractivity contribution in [2.45, 2.75) is 25.9 Å². The van der Waals surface area contributed by atoms with Gasteiger partial charge in [0.25, 0.3) is 0 Å². The van der Waals surface area contributed by atoms with Crippen LogP contribution in [0.2, 0.25) is 5.02 Å². The molecule has 146 valence electrons. The number of nitrogens with one attached hydrogen (secondary N) is 1. The van der Waals surface area contributed by atoms with E-state index in [1.54, 1.807) is 24.3 Å². The zero-order valence-corrected chi connectivity index (χ0v) is 15.6. The van der Waals surface area contributed by atoms with Crippen molar-refractivity contribution in [1.82, 2.24) is 0 Å². The van der Waals surface area contributed by atoms with E-state index in [9.17, 15) is 18.0 Å². The predicted molar refractivity (Wildman–Crippen MR) is 97.7 cm³/mol. The number of aryl methyl sites for hydroxylation is 2. The Bertz CT molecular complexity index is 809. The van der Waals surface area contributed by atoms with Crippen LogP contribution in [0.5, 0.6) is 11.5 Å². The van der Waals surface area contributed by atoms with Crippen LogP contribution in [-0.4, -0.2) is 25.8 Å². The average Bonchev–Trinajstić information content (AvgIpc) is 2.60. The first-order valence-electron chi connectivity index (χ1n) is 8.10. The Morgan fingerprint density at radius 1 is 1.15 bits per heavy atom. The van der Waals surface area contributed by atoms with E-state index in [2.05, 4.69) is 5.32 Å². The fourth-order valence-corrected chi connectivity index (χ4v) is 2.62. The van der Waals surface area contributed by atoms with E-state index < -0.39 is 12.8 Å². The third kappa shape index (κ3) is 6.67. The number of benzene rings is 2. The lowest BCUT2D eigenvalue weighted by molar-refractivity contribution is -0.153. The van der Waals surface area contributed by atoms with Crippen molar-refractivity contribution in [2.24, 2.45) is 0 Å². The van der Waals surface area contributed by atoms with Crippen molar-refractivity contribution in [3.05, 3.63) is 52.5 Å². The van der Waals surface area contributed by atoms with E-state index in [0.29, 0.717) is 17.1 Å². The molecule has 0 fully saturated rings. The fraction of sp³-hybridized carbons (Fsp3) is 0.316. The van der Waals surface area contributed by atoms with Gasteiger partial charge in [-0.25, -0.2) is 0 Å². The summed E-state index contributed by atoms with van der Waals surface area (Å²) < 4.78 is 46.6. The van der Waals surface area contributed by atoms with Crippen LogP contribution in [0.3, 0.4) is 0 Å². The second-order valence-corrected chi connectivity index (χ2v) is 6.33. The Morgan fingerprint density at radius 2 is 1.89 bits per heavy atom. The van der Waals surface area contributed by atoms with Crippen molar-refractivity contribution in [2.75, 3.05) is 19.0 Å². The number of amides is 1. The molecule has 8 heteroatoms. The van der Waals surface area contributed by atoms with Crippen LogP contribution in [0.1, 0.15) is 17.5 Å². The van der Waals surface area contributed by atoms with Gasteiger partial charge in [-0.2, -0.15) is 13.2 Å². The van der Waals surface area contributed by atoms with Gasteiger partial charge in [-0.1, -0.05) is 23.7 Å². The van der Waals surface area contributed by atoms with E-state index in [1.807, 2.05) is 13.0 Å². The molecular weight excluding hydrogens is 383 g/mol. The number of alkyl halides is 3. The van der Waals surface area contributed by atoms with Crippen LogP contribution in [0, 0.1) is 6.92 Å². The molecule has 0 aliphatic heterocycles. The number of carbonyl (C=O) groups is 1. The van der Waals surface area contributed by atoms with Gasteiger partial charge in [-0.3, -0.25) is 4.79 Å². The largest absolute Gasteiger partial charge is 0.493 e. The molecule has 0 saturated carbocycles. The molecule has 0 atom stereocenters. The van der Waals surface area contributed by atoms with E-state index in [4.69, 9.17) is 21.1 Å². The van der Waals surface area contributed by atoms with Gasteiger partial charge < -0.3 is 14.8 Å². The summed E-state index contributed by atoms with van der Waals surface area (Å²) in [4.78, 5) is 12.1. The Balaban J connectivity index is 1.95. The number of methoxy groups -OCH3 is 1. The molecule has 27 heavy (non-hydrogen) atoms. The first-order valence-corrected chi connectivity index (χ1v) is 8.48. The zero-order valence-electron chi connectivity index (χ0n) is 14.8. The van der Waals surface area contributed by atoms with E-state index in [0.717, 1.165) is 11.1 Å². The smallest absolute Gasteiger partial charge is 0.422 e. The van der Waals surface area contributed by atoms with Crippen molar-refractivity contribution in [3.63, 3.8) is 0 Å². The molecule has 1 N–H and O–H groups in total. The molecule has 0 bridgehead atoms. The SMILES string of the molecule is COc1cc(CCC(=O)Nc2ccc(C)cc2Cl)ccc1OCC(F)(F)F.